The van der Waals surface area contributed by atoms with Gasteiger partial charge in [-0.15, -0.1) is 0 Å². The summed E-state index contributed by atoms with van der Waals surface area (Å²) in [5, 5.41) is 6.28. The van der Waals surface area contributed by atoms with Crippen molar-refractivity contribution in [3.05, 3.63) is 77.2 Å². The number of anilines is 1. The van der Waals surface area contributed by atoms with Crippen LogP contribution in [0.4, 0.5) is 18.9 Å². The van der Waals surface area contributed by atoms with Gasteiger partial charge in [0, 0.05) is 23.9 Å². The molecule has 2 heterocycles. The summed E-state index contributed by atoms with van der Waals surface area (Å²) in [6.07, 6.45) is -2.85. The van der Waals surface area contributed by atoms with E-state index in [1.54, 1.807) is 29.2 Å². The van der Waals surface area contributed by atoms with Crippen LogP contribution in [0.3, 0.4) is 0 Å². The molecule has 3 aromatic rings. The van der Waals surface area contributed by atoms with E-state index in [1.165, 1.54) is 12.1 Å². The van der Waals surface area contributed by atoms with Crippen LogP contribution >= 0.6 is 0 Å². The molecule has 0 radical (unpaired) electrons. The maximum Gasteiger partial charge on any atom is 0.416 e. The zero-order chi connectivity index (χ0) is 24.3. The van der Waals surface area contributed by atoms with Crippen LogP contribution in [-0.4, -0.2) is 35.0 Å². The normalized spacial score (nSPS) is 15.9. The number of benzene rings is 2. The summed E-state index contributed by atoms with van der Waals surface area (Å²) in [5.74, 6) is 0.252. The summed E-state index contributed by atoms with van der Waals surface area (Å²) < 4.78 is 49.2. The van der Waals surface area contributed by atoms with Crippen molar-refractivity contribution >= 4 is 17.5 Å². The molecule has 7 nitrogen and oxygen atoms in total. The summed E-state index contributed by atoms with van der Waals surface area (Å²) in [6, 6.07) is 12.3. The van der Waals surface area contributed by atoms with Crippen molar-refractivity contribution in [3.8, 4) is 5.75 Å². The average molecular weight is 473 g/mol. The quantitative estimate of drug-likeness (QED) is 0.545. The number of aromatic nitrogens is 1. The second kappa shape index (κ2) is 9.58. The fraction of sp³-hybridized carbons (Fsp3) is 0.292. The monoisotopic (exact) mass is 473 g/mol. The first kappa shape index (κ1) is 23.3. The number of hydrogen-bond donors (Lipinski definition) is 1. The van der Waals surface area contributed by atoms with E-state index in [0.717, 1.165) is 30.7 Å². The second-order valence-electron chi connectivity index (χ2n) is 7.97. The number of likely N-dealkylation sites (tertiary alicyclic amines) is 1. The summed E-state index contributed by atoms with van der Waals surface area (Å²) in [4.78, 5) is 26.8. The predicted molar refractivity (Wildman–Crippen MR) is 116 cm³/mol. The van der Waals surface area contributed by atoms with Crippen molar-refractivity contribution in [1.29, 1.82) is 0 Å². The minimum absolute atomic E-state index is 0.0199. The highest BCUT2D eigenvalue weighted by atomic mass is 19.4. The first-order chi connectivity index (χ1) is 16.2. The smallest absolute Gasteiger partial charge is 0.416 e. The number of hydrogen-bond acceptors (Lipinski definition) is 5. The van der Waals surface area contributed by atoms with E-state index in [9.17, 15) is 22.8 Å². The Morgan fingerprint density at radius 3 is 2.62 bits per heavy atom. The molecule has 2 aromatic carbocycles. The molecule has 1 unspecified atom stereocenters. The number of halogens is 3. The summed E-state index contributed by atoms with van der Waals surface area (Å²) in [6.45, 7) is 2.03. The van der Waals surface area contributed by atoms with Crippen LogP contribution in [0.15, 0.2) is 59.1 Å². The molecule has 178 valence electrons. The lowest BCUT2D eigenvalue weighted by molar-refractivity contribution is -0.137. The van der Waals surface area contributed by atoms with Crippen LogP contribution in [0, 0.1) is 6.92 Å². The second-order valence-corrected chi connectivity index (χ2v) is 7.97. The molecule has 0 aliphatic carbocycles. The van der Waals surface area contributed by atoms with Gasteiger partial charge in [-0.2, -0.15) is 13.2 Å². The SMILES string of the molecule is Cc1cc(C2CCCN2C(=O)c2ccc(OCC(=O)Nc3cccc(C(F)(F)F)c3)cc2)on1. The van der Waals surface area contributed by atoms with Gasteiger partial charge in [-0.1, -0.05) is 11.2 Å². The van der Waals surface area contributed by atoms with Crippen LogP contribution in [0.1, 0.15) is 46.3 Å². The van der Waals surface area contributed by atoms with Gasteiger partial charge in [0.2, 0.25) is 0 Å². The fourth-order valence-corrected chi connectivity index (χ4v) is 3.82. The van der Waals surface area contributed by atoms with Gasteiger partial charge < -0.3 is 19.5 Å². The Morgan fingerprint density at radius 1 is 1.18 bits per heavy atom. The fourth-order valence-electron chi connectivity index (χ4n) is 3.82. The first-order valence-corrected chi connectivity index (χ1v) is 10.6. The molecule has 2 amide bonds. The largest absolute Gasteiger partial charge is 0.484 e. The van der Waals surface area contributed by atoms with Crippen molar-refractivity contribution in [2.75, 3.05) is 18.5 Å². The third-order valence-electron chi connectivity index (χ3n) is 5.43. The number of nitrogens with zero attached hydrogens (tertiary/aromatic N) is 2. The van der Waals surface area contributed by atoms with E-state index in [2.05, 4.69) is 10.5 Å². The summed E-state index contributed by atoms with van der Waals surface area (Å²) in [5.41, 5.74) is 0.383. The molecule has 1 aromatic heterocycles. The molecule has 1 aliphatic rings. The lowest BCUT2D eigenvalue weighted by Gasteiger charge is -2.22. The zero-order valence-electron chi connectivity index (χ0n) is 18.3. The van der Waals surface area contributed by atoms with E-state index >= 15 is 0 Å². The maximum absolute atomic E-state index is 13.0. The summed E-state index contributed by atoms with van der Waals surface area (Å²) in [7, 11) is 0. The molecule has 1 fully saturated rings. The van der Waals surface area contributed by atoms with Crippen LogP contribution in [0.2, 0.25) is 0 Å². The maximum atomic E-state index is 13.0. The molecule has 1 aliphatic heterocycles. The minimum Gasteiger partial charge on any atom is -0.484 e. The average Bonchev–Trinajstić information content (AvgIpc) is 3.46. The lowest BCUT2D eigenvalue weighted by Crippen LogP contribution is -2.30. The van der Waals surface area contributed by atoms with Gasteiger partial charge in [0.25, 0.3) is 11.8 Å². The Hall–Kier alpha value is -3.82. The minimum atomic E-state index is -4.50. The van der Waals surface area contributed by atoms with E-state index < -0.39 is 24.3 Å². The number of aryl methyl sites for hydroxylation is 1. The van der Waals surface area contributed by atoms with Crippen LogP contribution in [0.25, 0.3) is 0 Å². The van der Waals surface area contributed by atoms with Crippen molar-refractivity contribution in [2.45, 2.75) is 32.0 Å². The van der Waals surface area contributed by atoms with Gasteiger partial charge in [0.1, 0.15) is 5.75 Å². The van der Waals surface area contributed by atoms with Crippen LogP contribution in [-0.2, 0) is 11.0 Å². The Kier molecular flexibility index (Phi) is 6.58. The van der Waals surface area contributed by atoms with Crippen LogP contribution < -0.4 is 10.1 Å². The molecule has 1 atom stereocenters. The molecule has 34 heavy (non-hydrogen) atoms. The Bertz CT molecular complexity index is 1170. The number of nitrogens with one attached hydrogen (secondary N) is 1. The topological polar surface area (TPSA) is 84.7 Å². The number of carbonyl (C=O) groups excluding carboxylic acids is 2. The van der Waals surface area contributed by atoms with E-state index in [1.807, 2.05) is 13.0 Å². The van der Waals surface area contributed by atoms with Gasteiger partial charge in [-0.05, 0) is 62.2 Å². The number of ether oxygens (including phenoxy) is 1. The first-order valence-electron chi connectivity index (χ1n) is 10.6. The molecule has 0 bridgehead atoms. The Balaban J connectivity index is 1.33. The van der Waals surface area contributed by atoms with E-state index in [0.29, 0.717) is 23.6 Å². The van der Waals surface area contributed by atoms with Crippen molar-refractivity contribution in [3.63, 3.8) is 0 Å². The van der Waals surface area contributed by atoms with Crippen molar-refractivity contribution < 1.29 is 32.0 Å². The lowest BCUT2D eigenvalue weighted by atomic mass is 10.1. The molecular weight excluding hydrogens is 451 g/mol. The van der Waals surface area contributed by atoms with Crippen molar-refractivity contribution in [2.24, 2.45) is 0 Å². The van der Waals surface area contributed by atoms with Gasteiger partial charge in [-0.3, -0.25) is 9.59 Å². The Labute approximate surface area is 193 Å². The van der Waals surface area contributed by atoms with Gasteiger partial charge in [-0.25, -0.2) is 0 Å². The molecule has 1 saturated heterocycles. The standard InChI is InChI=1S/C24H22F3N3O4/c1-15-12-21(34-29-15)20-6-3-11-30(20)23(32)16-7-9-19(10-8-16)33-14-22(31)28-18-5-2-4-17(13-18)24(25,26)27/h2,4-5,7-10,12-13,20H,3,6,11,14H2,1H3,(H,28,31). The third kappa shape index (κ3) is 5.38. The molecular formula is C24H22F3N3O4. The summed E-state index contributed by atoms with van der Waals surface area (Å²) >= 11 is 0. The molecule has 4 rings (SSSR count). The van der Waals surface area contributed by atoms with Gasteiger partial charge in [0.05, 0.1) is 17.3 Å². The van der Waals surface area contributed by atoms with Crippen LogP contribution in [0.5, 0.6) is 5.75 Å². The van der Waals surface area contributed by atoms with E-state index in [4.69, 9.17) is 9.26 Å². The Morgan fingerprint density at radius 2 is 1.94 bits per heavy atom. The van der Waals surface area contributed by atoms with Crippen molar-refractivity contribution in [1.82, 2.24) is 10.1 Å². The highest BCUT2D eigenvalue weighted by Gasteiger charge is 2.33. The van der Waals surface area contributed by atoms with Gasteiger partial charge >= 0.3 is 6.18 Å². The van der Waals surface area contributed by atoms with Gasteiger partial charge in [0.15, 0.2) is 12.4 Å². The van der Waals surface area contributed by atoms with E-state index in [-0.39, 0.29) is 17.6 Å². The highest BCUT2D eigenvalue weighted by molar-refractivity contribution is 5.95. The predicted octanol–water partition coefficient (Wildman–Crippen LogP) is 5.00. The molecule has 0 spiro atoms. The number of carbonyl (C=O) groups is 2. The number of alkyl halides is 3. The number of amides is 2. The number of rotatable bonds is 6. The third-order valence-corrected chi connectivity index (χ3v) is 5.43. The molecule has 10 heteroatoms. The highest BCUT2D eigenvalue weighted by Crippen LogP contribution is 2.34. The zero-order valence-corrected chi connectivity index (χ0v) is 18.3. The molecule has 0 saturated carbocycles. The molecule has 1 N–H and O–H groups in total.